The quantitative estimate of drug-likeness (QED) is 0.705. The van der Waals surface area contributed by atoms with Crippen molar-refractivity contribution in [2.45, 2.75) is 25.8 Å². The van der Waals surface area contributed by atoms with Gasteiger partial charge in [0.1, 0.15) is 0 Å². The van der Waals surface area contributed by atoms with E-state index in [2.05, 4.69) is 22.0 Å². The van der Waals surface area contributed by atoms with Crippen LogP contribution in [0.3, 0.4) is 0 Å². The van der Waals surface area contributed by atoms with Crippen molar-refractivity contribution in [3.05, 3.63) is 0 Å². The SMILES string of the molecule is CCCN1CCN([C@H]2CCNC2)CC1. The zero-order valence-corrected chi connectivity index (χ0v) is 9.34. The minimum atomic E-state index is 0.832. The lowest BCUT2D eigenvalue weighted by Crippen LogP contribution is -2.50. The first-order valence-corrected chi connectivity index (χ1v) is 6.07. The predicted octanol–water partition coefficient (Wildman–Crippen LogP) is 0.376. The molecule has 1 atom stereocenters. The van der Waals surface area contributed by atoms with Gasteiger partial charge in [-0.25, -0.2) is 0 Å². The van der Waals surface area contributed by atoms with Crippen LogP contribution in [0.1, 0.15) is 19.8 Å². The van der Waals surface area contributed by atoms with E-state index < -0.39 is 0 Å². The molecule has 0 aromatic carbocycles. The predicted molar refractivity (Wildman–Crippen MR) is 59.6 cm³/mol. The molecule has 0 aliphatic carbocycles. The van der Waals surface area contributed by atoms with Crippen molar-refractivity contribution in [2.24, 2.45) is 0 Å². The number of nitrogens with zero attached hydrogens (tertiary/aromatic N) is 2. The Bertz CT molecular complexity index is 158. The van der Waals surface area contributed by atoms with E-state index in [1.807, 2.05) is 0 Å². The average Bonchev–Trinajstić information content (AvgIpc) is 2.72. The molecular weight excluding hydrogens is 174 g/mol. The first kappa shape index (κ1) is 10.4. The first-order valence-electron chi connectivity index (χ1n) is 6.07. The molecule has 2 saturated heterocycles. The van der Waals surface area contributed by atoms with E-state index in [-0.39, 0.29) is 0 Å². The fourth-order valence-corrected chi connectivity index (χ4v) is 2.62. The second kappa shape index (κ2) is 5.10. The van der Waals surface area contributed by atoms with E-state index in [1.165, 1.54) is 58.7 Å². The zero-order chi connectivity index (χ0) is 9.80. The highest BCUT2D eigenvalue weighted by atomic mass is 15.3. The van der Waals surface area contributed by atoms with E-state index in [0.29, 0.717) is 0 Å². The van der Waals surface area contributed by atoms with Crippen LogP contribution in [0.25, 0.3) is 0 Å². The summed E-state index contributed by atoms with van der Waals surface area (Å²) < 4.78 is 0. The molecule has 0 aromatic rings. The standard InChI is InChI=1S/C11H23N3/c1-2-5-13-6-8-14(9-7-13)11-3-4-12-10-11/h11-12H,2-10H2,1H3/t11-/m0/s1. The number of hydrogen-bond acceptors (Lipinski definition) is 3. The highest BCUT2D eigenvalue weighted by Crippen LogP contribution is 2.11. The van der Waals surface area contributed by atoms with Gasteiger partial charge in [-0.3, -0.25) is 4.90 Å². The number of hydrogen-bond donors (Lipinski definition) is 1. The zero-order valence-electron chi connectivity index (χ0n) is 9.34. The molecule has 1 N–H and O–H groups in total. The van der Waals surface area contributed by atoms with E-state index in [9.17, 15) is 0 Å². The van der Waals surface area contributed by atoms with Crippen molar-refractivity contribution < 1.29 is 0 Å². The molecule has 0 radical (unpaired) electrons. The maximum atomic E-state index is 3.45. The molecule has 2 heterocycles. The van der Waals surface area contributed by atoms with Gasteiger partial charge in [0.15, 0.2) is 0 Å². The lowest BCUT2D eigenvalue weighted by atomic mass is 10.2. The highest BCUT2D eigenvalue weighted by Gasteiger charge is 2.25. The van der Waals surface area contributed by atoms with E-state index in [0.717, 1.165) is 6.04 Å². The smallest absolute Gasteiger partial charge is 0.0233 e. The van der Waals surface area contributed by atoms with Crippen LogP contribution < -0.4 is 5.32 Å². The van der Waals surface area contributed by atoms with Crippen molar-refractivity contribution in [2.75, 3.05) is 45.8 Å². The average molecular weight is 197 g/mol. The minimum Gasteiger partial charge on any atom is -0.315 e. The van der Waals surface area contributed by atoms with Crippen molar-refractivity contribution in [1.29, 1.82) is 0 Å². The van der Waals surface area contributed by atoms with Crippen molar-refractivity contribution in [3.8, 4) is 0 Å². The van der Waals surface area contributed by atoms with E-state index >= 15 is 0 Å². The third-order valence-corrected chi connectivity index (χ3v) is 3.50. The Morgan fingerprint density at radius 3 is 2.57 bits per heavy atom. The highest BCUT2D eigenvalue weighted by molar-refractivity contribution is 4.84. The molecule has 0 unspecified atom stereocenters. The molecule has 2 fully saturated rings. The van der Waals surface area contributed by atoms with Gasteiger partial charge in [-0.05, 0) is 25.9 Å². The second-order valence-corrected chi connectivity index (χ2v) is 4.52. The Morgan fingerprint density at radius 1 is 1.21 bits per heavy atom. The molecule has 2 aliphatic rings. The van der Waals surface area contributed by atoms with Crippen LogP contribution in [-0.4, -0.2) is 61.7 Å². The Morgan fingerprint density at radius 2 is 2.00 bits per heavy atom. The maximum absolute atomic E-state index is 3.45. The van der Waals surface area contributed by atoms with Crippen LogP contribution in [0, 0.1) is 0 Å². The number of piperazine rings is 1. The molecule has 0 bridgehead atoms. The van der Waals surface area contributed by atoms with Gasteiger partial charge in [0.2, 0.25) is 0 Å². The Balaban J connectivity index is 1.72. The molecule has 2 rings (SSSR count). The van der Waals surface area contributed by atoms with Crippen LogP contribution in [-0.2, 0) is 0 Å². The molecular formula is C11H23N3. The van der Waals surface area contributed by atoms with E-state index in [4.69, 9.17) is 0 Å². The Labute approximate surface area is 87.4 Å². The molecule has 0 saturated carbocycles. The molecule has 0 spiro atoms. The summed E-state index contributed by atoms with van der Waals surface area (Å²) in [7, 11) is 0. The van der Waals surface area contributed by atoms with Crippen LogP contribution in [0.4, 0.5) is 0 Å². The Kier molecular flexibility index (Phi) is 3.79. The summed E-state index contributed by atoms with van der Waals surface area (Å²) in [5.74, 6) is 0. The summed E-state index contributed by atoms with van der Waals surface area (Å²) in [5.41, 5.74) is 0. The fraction of sp³-hybridized carbons (Fsp3) is 1.00. The van der Waals surface area contributed by atoms with Crippen LogP contribution >= 0.6 is 0 Å². The van der Waals surface area contributed by atoms with Crippen LogP contribution in [0.15, 0.2) is 0 Å². The second-order valence-electron chi connectivity index (χ2n) is 4.52. The normalized spacial score (nSPS) is 31.1. The van der Waals surface area contributed by atoms with Gasteiger partial charge < -0.3 is 10.2 Å². The third kappa shape index (κ3) is 2.47. The summed E-state index contributed by atoms with van der Waals surface area (Å²) in [6, 6.07) is 0.832. The summed E-state index contributed by atoms with van der Waals surface area (Å²) in [5, 5.41) is 3.45. The monoisotopic (exact) mass is 197 g/mol. The lowest BCUT2D eigenvalue weighted by molar-refractivity contribution is 0.103. The van der Waals surface area contributed by atoms with Crippen LogP contribution in [0.2, 0.25) is 0 Å². The van der Waals surface area contributed by atoms with Crippen molar-refractivity contribution in [3.63, 3.8) is 0 Å². The van der Waals surface area contributed by atoms with E-state index in [1.54, 1.807) is 0 Å². The van der Waals surface area contributed by atoms with Gasteiger partial charge in [-0.15, -0.1) is 0 Å². The third-order valence-electron chi connectivity index (χ3n) is 3.50. The summed E-state index contributed by atoms with van der Waals surface area (Å²) in [4.78, 5) is 5.27. The van der Waals surface area contributed by atoms with Gasteiger partial charge in [0.05, 0.1) is 0 Å². The maximum Gasteiger partial charge on any atom is 0.0233 e. The van der Waals surface area contributed by atoms with Gasteiger partial charge in [-0.1, -0.05) is 6.92 Å². The van der Waals surface area contributed by atoms with Crippen molar-refractivity contribution in [1.82, 2.24) is 15.1 Å². The van der Waals surface area contributed by atoms with Gasteiger partial charge in [0.25, 0.3) is 0 Å². The number of nitrogens with one attached hydrogen (secondary N) is 1. The Hall–Kier alpha value is -0.120. The largest absolute Gasteiger partial charge is 0.315 e. The molecule has 3 heteroatoms. The number of rotatable bonds is 3. The minimum absolute atomic E-state index is 0.832. The molecule has 82 valence electrons. The summed E-state index contributed by atoms with van der Waals surface area (Å²) in [6.07, 6.45) is 2.65. The molecule has 2 aliphatic heterocycles. The topological polar surface area (TPSA) is 18.5 Å². The summed E-state index contributed by atoms with van der Waals surface area (Å²) in [6.45, 7) is 11.1. The summed E-state index contributed by atoms with van der Waals surface area (Å²) >= 11 is 0. The van der Waals surface area contributed by atoms with Crippen molar-refractivity contribution >= 4 is 0 Å². The molecule has 14 heavy (non-hydrogen) atoms. The van der Waals surface area contributed by atoms with Gasteiger partial charge in [-0.2, -0.15) is 0 Å². The molecule has 0 aromatic heterocycles. The first-order chi connectivity index (χ1) is 6.90. The van der Waals surface area contributed by atoms with Gasteiger partial charge >= 0.3 is 0 Å². The molecule has 3 nitrogen and oxygen atoms in total. The fourth-order valence-electron chi connectivity index (χ4n) is 2.62. The van der Waals surface area contributed by atoms with Gasteiger partial charge in [0, 0.05) is 38.8 Å². The lowest BCUT2D eigenvalue weighted by Gasteiger charge is -2.37. The van der Waals surface area contributed by atoms with Crippen LogP contribution in [0.5, 0.6) is 0 Å². The molecule has 0 amide bonds.